The SMILES string of the molecule is CC(C)CN(C[C@@H](O)[C@H](Cc1ccccc1)NC(=O)OC(C)(C)C)S(=O)(=O)c1ccc2c(c1)OCO2. The Morgan fingerprint density at radius 1 is 1.08 bits per heavy atom. The number of sulfonamides is 1. The molecule has 1 amide bonds. The summed E-state index contributed by atoms with van der Waals surface area (Å²) in [6, 6.07) is 13.0. The second kappa shape index (κ2) is 11.5. The maximum absolute atomic E-state index is 13.6. The van der Waals surface area contributed by atoms with E-state index in [1.807, 2.05) is 44.2 Å². The van der Waals surface area contributed by atoms with Crippen LogP contribution in [-0.4, -0.2) is 61.6 Å². The van der Waals surface area contributed by atoms with Gasteiger partial charge in [-0.1, -0.05) is 44.2 Å². The summed E-state index contributed by atoms with van der Waals surface area (Å²) in [5, 5.41) is 14.0. The average Bonchev–Trinajstić information content (AvgIpc) is 3.25. The van der Waals surface area contributed by atoms with E-state index in [2.05, 4.69) is 5.32 Å². The van der Waals surface area contributed by atoms with Crippen LogP contribution in [0.15, 0.2) is 53.4 Å². The molecular formula is C26H36N2O7S. The second-order valence-corrected chi connectivity index (χ2v) is 12.2. The van der Waals surface area contributed by atoms with Crippen molar-refractivity contribution in [2.45, 2.75) is 63.7 Å². The van der Waals surface area contributed by atoms with E-state index in [1.54, 1.807) is 26.8 Å². The van der Waals surface area contributed by atoms with E-state index in [4.69, 9.17) is 14.2 Å². The number of nitrogens with one attached hydrogen (secondary N) is 1. The lowest BCUT2D eigenvalue weighted by atomic mass is 10.0. The van der Waals surface area contributed by atoms with E-state index in [-0.39, 0.29) is 30.7 Å². The van der Waals surface area contributed by atoms with Gasteiger partial charge in [0.05, 0.1) is 17.0 Å². The van der Waals surface area contributed by atoms with Crippen LogP contribution in [0.25, 0.3) is 0 Å². The Bertz CT molecular complexity index is 1130. The lowest BCUT2D eigenvalue weighted by Gasteiger charge is -2.31. The summed E-state index contributed by atoms with van der Waals surface area (Å²) in [6.07, 6.45) is -1.60. The zero-order valence-corrected chi connectivity index (χ0v) is 22.2. The van der Waals surface area contributed by atoms with Gasteiger partial charge in [0.25, 0.3) is 0 Å². The number of hydrogen-bond acceptors (Lipinski definition) is 7. The number of nitrogens with zero attached hydrogens (tertiary/aromatic N) is 1. The van der Waals surface area contributed by atoms with E-state index < -0.39 is 33.9 Å². The van der Waals surface area contributed by atoms with Gasteiger partial charge in [-0.25, -0.2) is 13.2 Å². The molecule has 3 rings (SSSR count). The first-order chi connectivity index (χ1) is 16.8. The maximum atomic E-state index is 13.6. The Hall–Kier alpha value is -2.82. The first kappa shape index (κ1) is 27.8. The highest BCUT2D eigenvalue weighted by molar-refractivity contribution is 7.89. The molecule has 0 bridgehead atoms. The summed E-state index contributed by atoms with van der Waals surface area (Å²) in [5.74, 6) is 0.830. The van der Waals surface area contributed by atoms with Crippen LogP contribution < -0.4 is 14.8 Å². The van der Waals surface area contributed by atoms with Crippen molar-refractivity contribution in [2.24, 2.45) is 5.92 Å². The zero-order chi connectivity index (χ0) is 26.5. The Labute approximate surface area is 213 Å². The average molecular weight is 521 g/mol. The van der Waals surface area contributed by atoms with Crippen molar-refractivity contribution in [2.75, 3.05) is 19.9 Å². The minimum atomic E-state index is -3.98. The van der Waals surface area contributed by atoms with Gasteiger partial charge >= 0.3 is 6.09 Å². The Morgan fingerprint density at radius 2 is 1.75 bits per heavy atom. The van der Waals surface area contributed by atoms with Gasteiger partial charge in [-0.15, -0.1) is 0 Å². The molecule has 2 aromatic rings. The van der Waals surface area contributed by atoms with Crippen LogP contribution in [0.5, 0.6) is 11.5 Å². The monoisotopic (exact) mass is 520 g/mol. The maximum Gasteiger partial charge on any atom is 0.407 e. The third-order valence-corrected chi connectivity index (χ3v) is 7.23. The number of fused-ring (bicyclic) bond motifs is 1. The van der Waals surface area contributed by atoms with Crippen LogP contribution in [0, 0.1) is 5.92 Å². The highest BCUT2D eigenvalue weighted by Gasteiger charge is 2.33. The number of aliphatic hydroxyl groups excluding tert-OH is 1. The highest BCUT2D eigenvalue weighted by atomic mass is 32.2. The summed E-state index contributed by atoms with van der Waals surface area (Å²) >= 11 is 0. The van der Waals surface area contributed by atoms with E-state index >= 15 is 0 Å². The molecular weight excluding hydrogens is 484 g/mol. The van der Waals surface area contributed by atoms with Crippen molar-refractivity contribution in [3.05, 3.63) is 54.1 Å². The fourth-order valence-corrected chi connectivity index (χ4v) is 5.45. The minimum absolute atomic E-state index is 0.00706. The first-order valence-electron chi connectivity index (χ1n) is 12.0. The van der Waals surface area contributed by atoms with Crippen molar-refractivity contribution in [3.63, 3.8) is 0 Å². The fraction of sp³-hybridized carbons (Fsp3) is 0.500. The standard InChI is InChI=1S/C26H36N2O7S/c1-18(2)15-28(36(31,32)20-11-12-23-24(14-20)34-17-33-23)16-22(29)21(13-19-9-7-6-8-10-19)27-25(30)35-26(3,4)5/h6-12,14,18,21-22,29H,13,15-17H2,1-5H3,(H,27,30)/t21-,22+/m0/s1. The fourth-order valence-electron chi connectivity index (χ4n) is 3.81. The van der Waals surface area contributed by atoms with Crippen molar-refractivity contribution >= 4 is 16.1 Å². The molecule has 1 aliphatic rings. The molecule has 1 aliphatic heterocycles. The van der Waals surface area contributed by atoms with Gasteiger partial charge in [0.2, 0.25) is 16.8 Å². The number of hydrogen-bond donors (Lipinski definition) is 2. The predicted molar refractivity (Wildman–Crippen MR) is 135 cm³/mol. The molecule has 9 nitrogen and oxygen atoms in total. The lowest BCUT2D eigenvalue weighted by molar-refractivity contribution is 0.0400. The van der Waals surface area contributed by atoms with Crippen LogP contribution in [-0.2, 0) is 21.2 Å². The van der Waals surface area contributed by atoms with Crippen LogP contribution in [0.3, 0.4) is 0 Å². The molecule has 2 aromatic carbocycles. The topological polar surface area (TPSA) is 114 Å². The molecule has 0 aliphatic carbocycles. The predicted octanol–water partition coefficient (Wildman–Crippen LogP) is 3.56. The third-order valence-electron chi connectivity index (χ3n) is 5.41. The van der Waals surface area contributed by atoms with Gasteiger partial charge in [0.1, 0.15) is 5.60 Å². The van der Waals surface area contributed by atoms with Crippen LogP contribution in [0.2, 0.25) is 0 Å². The second-order valence-electron chi connectivity index (χ2n) is 10.2. The Kier molecular flexibility index (Phi) is 8.86. The van der Waals surface area contributed by atoms with Gasteiger partial charge in [0, 0.05) is 19.2 Å². The molecule has 36 heavy (non-hydrogen) atoms. The van der Waals surface area contributed by atoms with Crippen molar-refractivity contribution in [3.8, 4) is 11.5 Å². The van der Waals surface area contributed by atoms with Crippen molar-refractivity contribution < 1.29 is 32.5 Å². The molecule has 1 heterocycles. The normalized spacial score (nSPS) is 15.1. The summed E-state index contributed by atoms with van der Waals surface area (Å²) in [5.41, 5.74) is 0.158. The molecule has 2 N–H and O–H groups in total. The molecule has 0 spiro atoms. The van der Waals surface area contributed by atoms with Crippen LogP contribution in [0.4, 0.5) is 4.79 Å². The minimum Gasteiger partial charge on any atom is -0.454 e. The number of carbonyl (C=O) groups excluding carboxylic acids is 1. The summed E-state index contributed by atoms with van der Waals surface area (Å²) in [6.45, 7) is 9.03. The quantitative estimate of drug-likeness (QED) is 0.492. The summed E-state index contributed by atoms with van der Waals surface area (Å²) in [4.78, 5) is 12.6. The highest BCUT2D eigenvalue weighted by Crippen LogP contribution is 2.34. The van der Waals surface area contributed by atoms with Crippen LogP contribution >= 0.6 is 0 Å². The molecule has 0 fully saturated rings. The Balaban J connectivity index is 1.85. The van der Waals surface area contributed by atoms with Crippen molar-refractivity contribution in [1.29, 1.82) is 0 Å². The van der Waals surface area contributed by atoms with Gasteiger partial charge in [0.15, 0.2) is 11.5 Å². The van der Waals surface area contributed by atoms with E-state index in [9.17, 15) is 18.3 Å². The smallest absolute Gasteiger partial charge is 0.407 e. The zero-order valence-electron chi connectivity index (χ0n) is 21.4. The lowest BCUT2D eigenvalue weighted by Crippen LogP contribution is -2.51. The van der Waals surface area contributed by atoms with Gasteiger partial charge in [-0.3, -0.25) is 0 Å². The number of benzene rings is 2. The number of aliphatic hydroxyl groups is 1. The number of carbonyl (C=O) groups is 1. The van der Waals surface area contributed by atoms with Gasteiger partial charge in [-0.2, -0.15) is 4.31 Å². The molecule has 0 saturated heterocycles. The molecule has 0 saturated carbocycles. The van der Waals surface area contributed by atoms with Crippen LogP contribution in [0.1, 0.15) is 40.2 Å². The molecule has 0 aromatic heterocycles. The number of ether oxygens (including phenoxy) is 3. The number of alkyl carbamates (subject to hydrolysis) is 1. The number of amides is 1. The van der Waals surface area contributed by atoms with Gasteiger partial charge < -0.3 is 24.6 Å². The molecule has 0 radical (unpaired) electrons. The molecule has 2 atom stereocenters. The van der Waals surface area contributed by atoms with Gasteiger partial charge in [-0.05, 0) is 50.8 Å². The third kappa shape index (κ3) is 7.59. The largest absolute Gasteiger partial charge is 0.454 e. The van der Waals surface area contributed by atoms with Crippen molar-refractivity contribution in [1.82, 2.24) is 9.62 Å². The molecule has 0 unspecified atom stereocenters. The first-order valence-corrected chi connectivity index (χ1v) is 13.4. The summed E-state index contributed by atoms with van der Waals surface area (Å²) in [7, 11) is -3.98. The number of rotatable bonds is 10. The molecule has 10 heteroatoms. The summed E-state index contributed by atoms with van der Waals surface area (Å²) < 4.78 is 44.5. The molecule has 198 valence electrons. The Morgan fingerprint density at radius 3 is 2.39 bits per heavy atom. The van der Waals surface area contributed by atoms with E-state index in [0.29, 0.717) is 17.9 Å². The van der Waals surface area contributed by atoms with E-state index in [0.717, 1.165) is 5.56 Å². The van der Waals surface area contributed by atoms with E-state index in [1.165, 1.54) is 16.4 Å².